The zero-order valence-electron chi connectivity index (χ0n) is 11.6. The summed E-state index contributed by atoms with van der Waals surface area (Å²) >= 11 is 0. The van der Waals surface area contributed by atoms with Crippen LogP contribution in [0.3, 0.4) is 0 Å². The normalized spacial score (nSPS) is 16.1. The van der Waals surface area contributed by atoms with E-state index in [1.165, 1.54) is 0 Å². The van der Waals surface area contributed by atoms with Crippen LogP contribution in [0.2, 0.25) is 0 Å². The molecule has 0 fully saturated rings. The summed E-state index contributed by atoms with van der Waals surface area (Å²) in [6, 6.07) is 7.54. The molecule has 0 saturated heterocycles. The van der Waals surface area contributed by atoms with Crippen molar-refractivity contribution in [3.8, 4) is 0 Å². The molecule has 1 unspecified atom stereocenters. The van der Waals surface area contributed by atoms with Gasteiger partial charge >= 0.3 is 0 Å². The Balaban J connectivity index is 1.97. The Morgan fingerprint density at radius 1 is 1.30 bits per heavy atom. The molecule has 20 heavy (non-hydrogen) atoms. The van der Waals surface area contributed by atoms with Crippen molar-refractivity contribution in [3.05, 3.63) is 53.0 Å². The predicted octanol–water partition coefficient (Wildman–Crippen LogP) is 2.58. The number of benzene rings is 1. The molecule has 0 radical (unpaired) electrons. The summed E-state index contributed by atoms with van der Waals surface area (Å²) in [5.74, 6) is 0.860. The smallest absolute Gasteiger partial charge is 0.227 e. The van der Waals surface area contributed by atoms with E-state index in [-0.39, 0.29) is 5.91 Å². The number of hydrogen-bond acceptors (Lipinski definition) is 3. The van der Waals surface area contributed by atoms with Crippen molar-refractivity contribution in [2.45, 2.75) is 25.9 Å². The van der Waals surface area contributed by atoms with Crippen LogP contribution in [0, 0.1) is 6.92 Å². The molecule has 3 rings (SSSR count). The molecule has 1 aliphatic heterocycles. The molecule has 0 bridgehead atoms. The summed E-state index contributed by atoms with van der Waals surface area (Å²) in [7, 11) is 1.79. The van der Waals surface area contributed by atoms with Crippen LogP contribution in [-0.2, 0) is 11.2 Å². The van der Waals surface area contributed by atoms with Gasteiger partial charge in [0.05, 0.1) is 6.26 Å². The number of aliphatic hydroxyl groups is 1. The average molecular weight is 271 g/mol. The lowest BCUT2D eigenvalue weighted by atomic mass is 9.95. The lowest BCUT2D eigenvalue weighted by Gasteiger charge is -2.26. The molecule has 0 spiro atoms. The lowest BCUT2D eigenvalue weighted by molar-refractivity contribution is -0.118. The number of aliphatic hydroxyl groups excluding tert-OH is 1. The first-order valence-corrected chi connectivity index (χ1v) is 6.69. The molecule has 1 aliphatic rings. The van der Waals surface area contributed by atoms with E-state index in [1.807, 2.05) is 25.1 Å². The van der Waals surface area contributed by atoms with Crippen molar-refractivity contribution in [3.63, 3.8) is 0 Å². The summed E-state index contributed by atoms with van der Waals surface area (Å²) in [6.07, 6.45) is 2.14. The van der Waals surface area contributed by atoms with Crippen molar-refractivity contribution in [1.82, 2.24) is 0 Å². The molecule has 1 atom stereocenters. The van der Waals surface area contributed by atoms with Crippen LogP contribution < -0.4 is 4.90 Å². The monoisotopic (exact) mass is 271 g/mol. The van der Waals surface area contributed by atoms with E-state index in [2.05, 4.69) is 0 Å². The van der Waals surface area contributed by atoms with Gasteiger partial charge in [0.25, 0.3) is 0 Å². The Morgan fingerprint density at radius 2 is 2.10 bits per heavy atom. The number of hydrogen-bond donors (Lipinski definition) is 1. The first kappa shape index (κ1) is 12.9. The number of furan rings is 1. The standard InChI is InChI=1S/C16H17NO3/c1-10-13(7-8-20-10)16(19)12-3-5-14-11(9-12)4-6-15(18)17(14)2/h3,5,7-9,16,19H,4,6H2,1-2H3. The van der Waals surface area contributed by atoms with Gasteiger partial charge < -0.3 is 14.4 Å². The number of carbonyl (C=O) groups excluding carboxylic acids is 1. The maximum atomic E-state index is 11.7. The van der Waals surface area contributed by atoms with Gasteiger partial charge in [0.1, 0.15) is 11.9 Å². The van der Waals surface area contributed by atoms with Gasteiger partial charge in [0.15, 0.2) is 0 Å². The predicted molar refractivity (Wildman–Crippen MR) is 75.7 cm³/mol. The number of aryl methyl sites for hydroxylation is 2. The summed E-state index contributed by atoms with van der Waals surface area (Å²) in [5.41, 5.74) is 3.65. The van der Waals surface area contributed by atoms with E-state index in [0.29, 0.717) is 6.42 Å². The Labute approximate surface area is 117 Å². The Bertz CT molecular complexity index is 659. The van der Waals surface area contributed by atoms with Crippen molar-refractivity contribution in [2.75, 3.05) is 11.9 Å². The average Bonchev–Trinajstić information content (AvgIpc) is 2.88. The number of amides is 1. The fraction of sp³-hybridized carbons (Fsp3) is 0.312. The second kappa shape index (κ2) is 4.80. The molecular formula is C16H17NO3. The number of rotatable bonds is 2. The van der Waals surface area contributed by atoms with Crippen molar-refractivity contribution < 1.29 is 14.3 Å². The largest absolute Gasteiger partial charge is 0.469 e. The third kappa shape index (κ3) is 2.02. The van der Waals surface area contributed by atoms with Crippen molar-refractivity contribution in [1.29, 1.82) is 0 Å². The van der Waals surface area contributed by atoms with E-state index >= 15 is 0 Å². The minimum absolute atomic E-state index is 0.136. The van der Waals surface area contributed by atoms with Crippen molar-refractivity contribution in [2.24, 2.45) is 0 Å². The Morgan fingerprint density at radius 3 is 2.80 bits per heavy atom. The van der Waals surface area contributed by atoms with Gasteiger partial charge in [-0.05, 0) is 36.6 Å². The zero-order chi connectivity index (χ0) is 14.3. The molecule has 1 aromatic carbocycles. The summed E-state index contributed by atoms with van der Waals surface area (Å²) < 4.78 is 5.24. The Kier molecular flexibility index (Phi) is 3.10. The van der Waals surface area contributed by atoms with Crippen LogP contribution >= 0.6 is 0 Å². The number of fused-ring (bicyclic) bond motifs is 1. The molecule has 104 valence electrons. The fourth-order valence-corrected chi connectivity index (χ4v) is 2.70. The van der Waals surface area contributed by atoms with Gasteiger partial charge in [0, 0.05) is 24.7 Å². The first-order chi connectivity index (χ1) is 9.58. The van der Waals surface area contributed by atoms with Crippen LogP contribution in [0.25, 0.3) is 0 Å². The maximum absolute atomic E-state index is 11.7. The maximum Gasteiger partial charge on any atom is 0.227 e. The third-order valence-corrected chi connectivity index (χ3v) is 3.96. The molecule has 1 amide bonds. The van der Waals surface area contributed by atoms with E-state index in [1.54, 1.807) is 24.3 Å². The zero-order valence-corrected chi connectivity index (χ0v) is 11.6. The molecule has 1 aromatic heterocycles. The SMILES string of the molecule is Cc1occc1C(O)c1ccc2c(c1)CCC(=O)N2C. The van der Waals surface area contributed by atoms with Gasteiger partial charge in [-0.1, -0.05) is 12.1 Å². The van der Waals surface area contributed by atoms with Crippen molar-refractivity contribution >= 4 is 11.6 Å². The number of carbonyl (C=O) groups is 1. The molecule has 0 aliphatic carbocycles. The van der Waals surface area contributed by atoms with Crippen LogP contribution in [0.1, 0.15) is 35.0 Å². The topological polar surface area (TPSA) is 53.7 Å². The van der Waals surface area contributed by atoms with Crippen LogP contribution in [0.15, 0.2) is 34.9 Å². The highest BCUT2D eigenvalue weighted by molar-refractivity contribution is 5.95. The summed E-state index contributed by atoms with van der Waals surface area (Å²) in [6.45, 7) is 1.84. The number of anilines is 1. The highest BCUT2D eigenvalue weighted by Gasteiger charge is 2.23. The van der Waals surface area contributed by atoms with Gasteiger partial charge in [-0.2, -0.15) is 0 Å². The van der Waals surface area contributed by atoms with E-state index < -0.39 is 6.10 Å². The van der Waals surface area contributed by atoms with Gasteiger partial charge in [-0.3, -0.25) is 4.79 Å². The Hall–Kier alpha value is -2.07. The van der Waals surface area contributed by atoms with Crippen LogP contribution in [0.4, 0.5) is 5.69 Å². The molecule has 1 N–H and O–H groups in total. The lowest BCUT2D eigenvalue weighted by Crippen LogP contribution is -2.31. The summed E-state index contributed by atoms with van der Waals surface area (Å²) in [4.78, 5) is 13.3. The second-order valence-corrected chi connectivity index (χ2v) is 5.18. The molecule has 0 saturated carbocycles. The van der Waals surface area contributed by atoms with Crippen LogP contribution in [-0.4, -0.2) is 18.1 Å². The number of nitrogens with zero attached hydrogens (tertiary/aromatic N) is 1. The quantitative estimate of drug-likeness (QED) is 0.913. The molecular weight excluding hydrogens is 254 g/mol. The molecule has 4 nitrogen and oxygen atoms in total. The first-order valence-electron chi connectivity index (χ1n) is 6.69. The minimum atomic E-state index is -0.693. The molecule has 2 aromatic rings. The highest BCUT2D eigenvalue weighted by atomic mass is 16.3. The van der Waals surface area contributed by atoms with Crippen LogP contribution in [0.5, 0.6) is 0 Å². The van der Waals surface area contributed by atoms with E-state index in [0.717, 1.165) is 34.6 Å². The highest BCUT2D eigenvalue weighted by Crippen LogP contribution is 2.32. The van der Waals surface area contributed by atoms with E-state index in [9.17, 15) is 9.90 Å². The summed E-state index contributed by atoms with van der Waals surface area (Å²) in [5, 5.41) is 10.4. The van der Waals surface area contributed by atoms with Gasteiger partial charge in [-0.15, -0.1) is 0 Å². The van der Waals surface area contributed by atoms with Gasteiger partial charge in [-0.25, -0.2) is 0 Å². The molecule has 4 heteroatoms. The fourth-order valence-electron chi connectivity index (χ4n) is 2.70. The van der Waals surface area contributed by atoms with Gasteiger partial charge in [0.2, 0.25) is 5.91 Å². The molecule has 2 heterocycles. The minimum Gasteiger partial charge on any atom is -0.469 e. The van der Waals surface area contributed by atoms with E-state index in [4.69, 9.17) is 4.42 Å². The third-order valence-electron chi connectivity index (χ3n) is 3.96. The second-order valence-electron chi connectivity index (χ2n) is 5.18.